The van der Waals surface area contributed by atoms with Gasteiger partial charge in [0.25, 0.3) is 5.56 Å². The summed E-state index contributed by atoms with van der Waals surface area (Å²) in [6, 6.07) is 1.43. The maximum Gasteiger partial charge on any atom is 0.275 e. The second-order valence-electron chi connectivity index (χ2n) is 3.91. The molecule has 8 heteroatoms. The topological polar surface area (TPSA) is 88.4 Å². The molecule has 0 aliphatic carbocycles. The van der Waals surface area contributed by atoms with E-state index < -0.39 is 0 Å². The molecule has 0 aromatic carbocycles. The van der Waals surface area contributed by atoms with Crippen molar-refractivity contribution in [3.05, 3.63) is 27.1 Å². The first-order valence-corrected chi connectivity index (χ1v) is 6.75. The summed E-state index contributed by atoms with van der Waals surface area (Å²) in [7, 11) is 1.57. The molecule has 0 spiro atoms. The highest BCUT2D eigenvalue weighted by Gasteiger charge is 2.08. The number of nitrogens with zero attached hydrogens (tertiary/aromatic N) is 3. The number of likely N-dealkylation sites (N-methyl/N-ethyl adjacent to an activating group) is 1. The molecule has 1 amide bonds. The average Bonchev–Trinajstić information content (AvgIpc) is 2.82. The molecule has 2 heterocycles. The summed E-state index contributed by atoms with van der Waals surface area (Å²) in [4.78, 5) is 27.8. The number of aryl methyl sites for hydroxylation is 1. The fraction of sp³-hybridized carbons (Fsp3) is 0.455. The summed E-state index contributed by atoms with van der Waals surface area (Å²) in [6.45, 7) is 2.55. The maximum atomic E-state index is 11.8. The Kier molecular flexibility index (Phi) is 4.23. The molecule has 0 fully saturated rings. The molecule has 0 unspecified atom stereocenters. The van der Waals surface area contributed by atoms with Crippen LogP contribution in [-0.4, -0.2) is 34.1 Å². The van der Waals surface area contributed by atoms with Gasteiger partial charge in [0.1, 0.15) is 5.01 Å². The number of amides is 1. The van der Waals surface area contributed by atoms with Crippen LogP contribution in [-0.2, 0) is 17.8 Å². The summed E-state index contributed by atoms with van der Waals surface area (Å²) in [5.74, 6) is -0.108. The van der Waals surface area contributed by atoms with Crippen LogP contribution >= 0.6 is 11.3 Å². The largest absolute Gasteiger partial charge is 0.358 e. The average molecular weight is 281 g/mol. The normalized spacial score (nSPS) is 10.8. The summed E-state index contributed by atoms with van der Waals surface area (Å²) >= 11 is 1.40. The first-order valence-electron chi connectivity index (χ1n) is 5.94. The smallest absolute Gasteiger partial charge is 0.275 e. The van der Waals surface area contributed by atoms with E-state index >= 15 is 0 Å². The van der Waals surface area contributed by atoms with Gasteiger partial charge in [-0.2, -0.15) is 9.61 Å². The van der Waals surface area contributed by atoms with Gasteiger partial charge in [-0.3, -0.25) is 9.59 Å². The minimum absolute atomic E-state index is 0.108. The van der Waals surface area contributed by atoms with Gasteiger partial charge in [-0.15, -0.1) is 0 Å². The number of nitrogens with one attached hydrogen (secondary N) is 2. The van der Waals surface area contributed by atoms with Crippen molar-refractivity contribution in [1.82, 2.24) is 25.2 Å². The van der Waals surface area contributed by atoms with Crippen molar-refractivity contribution in [1.29, 1.82) is 0 Å². The van der Waals surface area contributed by atoms with Crippen molar-refractivity contribution in [2.24, 2.45) is 0 Å². The Balaban J connectivity index is 2.16. The van der Waals surface area contributed by atoms with Crippen molar-refractivity contribution in [3.63, 3.8) is 0 Å². The Bertz CT molecular complexity index is 648. The fourth-order valence-electron chi connectivity index (χ4n) is 1.52. The van der Waals surface area contributed by atoms with E-state index in [0.717, 1.165) is 11.4 Å². The molecule has 7 nitrogen and oxygen atoms in total. The zero-order valence-corrected chi connectivity index (χ0v) is 11.6. The van der Waals surface area contributed by atoms with Crippen LogP contribution in [0.2, 0.25) is 0 Å². The van der Waals surface area contributed by atoms with Gasteiger partial charge in [0.2, 0.25) is 10.9 Å². The van der Waals surface area contributed by atoms with Crippen LogP contribution in [0.1, 0.15) is 17.6 Å². The molecule has 0 radical (unpaired) electrons. The Morgan fingerprint density at radius 3 is 3.00 bits per heavy atom. The van der Waals surface area contributed by atoms with E-state index in [1.54, 1.807) is 7.05 Å². The van der Waals surface area contributed by atoms with E-state index in [-0.39, 0.29) is 18.0 Å². The van der Waals surface area contributed by atoms with Crippen LogP contribution in [0.3, 0.4) is 0 Å². The van der Waals surface area contributed by atoms with Crippen molar-refractivity contribution in [2.45, 2.75) is 19.9 Å². The number of aromatic nitrogens is 3. The first kappa shape index (κ1) is 13.6. The molecule has 0 bridgehead atoms. The van der Waals surface area contributed by atoms with Crippen molar-refractivity contribution in [3.8, 4) is 0 Å². The molecule has 0 atom stereocenters. The number of fused-ring (bicyclic) bond motifs is 1. The number of rotatable bonds is 5. The quantitative estimate of drug-likeness (QED) is 0.775. The SMILES string of the molecule is CCc1nn2c(=O)cc(CNCC(=O)NC)nc2s1. The minimum Gasteiger partial charge on any atom is -0.358 e. The van der Waals surface area contributed by atoms with Gasteiger partial charge in [-0.25, -0.2) is 4.98 Å². The van der Waals surface area contributed by atoms with Gasteiger partial charge in [-0.1, -0.05) is 18.3 Å². The lowest BCUT2D eigenvalue weighted by Crippen LogP contribution is -2.31. The third-order valence-electron chi connectivity index (χ3n) is 2.51. The van der Waals surface area contributed by atoms with Crippen LogP contribution in [0.15, 0.2) is 10.9 Å². The van der Waals surface area contributed by atoms with E-state index in [1.165, 1.54) is 21.9 Å². The first-order chi connectivity index (χ1) is 9.13. The highest BCUT2D eigenvalue weighted by Crippen LogP contribution is 2.11. The molecule has 0 saturated heterocycles. The molecule has 2 N–H and O–H groups in total. The van der Waals surface area contributed by atoms with Crippen molar-refractivity contribution >= 4 is 22.2 Å². The molecule has 2 aromatic heterocycles. The van der Waals surface area contributed by atoms with Gasteiger partial charge in [-0.05, 0) is 6.42 Å². The number of carbonyl (C=O) groups excluding carboxylic acids is 1. The van der Waals surface area contributed by atoms with E-state index in [0.29, 0.717) is 17.2 Å². The van der Waals surface area contributed by atoms with Crippen LogP contribution in [0.4, 0.5) is 0 Å². The highest BCUT2D eigenvalue weighted by atomic mass is 32.1. The third kappa shape index (κ3) is 3.15. The molecule has 19 heavy (non-hydrogen) atoms. The van der Waals surface area contributed by atoms with Crippen LogP contribution in [0.25, 0.3) is 4.96 Å². The summed E-state index contributed by atoms with van der Waals surface area (Å²) in [5, 5.41) is 10.5. The fourth-order valence-corrected chi connectivity index (χ4v) is 2.38. The Labute approximate surface area is 113 Å². The number of carbonyl (C=O) groups is 1. The zero-order valence-electron chi connectivity index (χ0n) is 10.8. The zero-order chi connectivity index (χ0) is 13.8. The van der Waals surface area contributed by atoms with Crippen molar-refractivity contribution in [2.75, 3.05) is 13.6 Å². The summed E-state index contributed by atoms with van der Waals surface area (Å²) < 4.78 is 1.31. The standard InChI is InChI=1S/C11H15N5O2S/c1-3-9-15-16-10(18)4-7(14-11(16)19-9)5-13-6-8(17)12-2/h4,13H,3,5-6H2,1-2H3,(H,12,17). The molecular weight excluding hydrogens is 266 g/mol. The molecule has 2 aromatic rings. The van der Waals surface area contributed by atoms with Crippen molar-refractivity contribution < 1.29 is 4.79 Å². The summed E-state index contributed by atoms with van der Waals surface area (Å²) in [6.07, 6.45) is 0.776. The third-order valence-corrected chi connectivity index (χ3v) is 3.57. The van der Waals surface area contributed by atoms with E-state index in [9.17, 15) is 9.59 Å². The minimum atomic E-state index is -0.197. The lowest BCUT2D eigenvalue weighted by molar-refractivity contribution is -0.119. The molecule has 2 rings (SSSR count). The summed E-state index contributed by atoms with van der Waals surface area (Å²) in [5.41, 5.74) is 0.415. The number of hydrogen-bond acceptors (Lipinski definition) is 6. The van der Waals surface area contributed by atoms with Gasteiger partial charge in [0.05, 0.1) is 12.2 Å². The lowest BCUT2D eigenvalue weighted by atomic mass is 10.4. The molecule has 0 saturated carbocycles. The Morgan fingerprint density at radius 2 is 2.32 bits per heavy atom. The number of hydrogen-bond donors (Lipinski definition) is 2. The van der Waals surface area contributed by atoms with Gasteiger partial charge in [0, 0.05) is 19.7 Å². The van der Waals surface area contributed by atoms with Gasteiger partial charge >= 0.3 is 0 Å². The highest BCUT2D eigenvalue weighted by molar-refractivity contribution is 7.16. The van der Waals surface area contributed by atoms with Crippen LogP contribution < -0.4 is 16.2 Å². The predicted molar refractivity (Wildman–Crippen MR) is 72.3 cm³/mol. The maximum absolute atomic E-state index is 11.8. The molecule has 0 aliphatic rings. The van der Waals surface area contributed by atoms with Gasteiger partial charge in [0.15, 0.2) is 0 Å². The van der Waals surface area contributed by atoms with E-state index in [1.807, 2.05) is 6.92 Å². The molecular formula is C11H15N5O2S. The molecule has 102 valence electrons. The lowest BCUT2D eigenvalue weighted by Gasteiger charge is -2.02. The monoisotopic (exact) mass is 281 g/mol. The van der Waals surface area contributed by atoms with Crippen LogP contribution in [0, 0.1) is 0 Å². The van der Waals surface area contributed by atoms with Crippen LogP contribution in [0.5, 0.6) is 0 Å². The van der Waals surface area contributed by atoms with Gasteiger partial charge < -0.3 is 10.6 Å². The van der Waals surface area contributed by atoms with E-state index in [4.69, 9.17) is 0 Å². The van der Waals surface area contributed by atoms with E-state index in [2.05, 4.69) is 20.7 Å². The second-order valence-corrected chi connectivity index (χ2v) is 4.95. The predicted octanol–water partition coefficient (Wildman–Crippen LogP) is -0.451. The second kappa shape index (κ2) is 5.89. The Morgan fingerprint density at radius 1 is 1.53 bits per heavy atom. The Hall–Kier alpha value is -1.80. The molecule has 0 aliphatic heterocycles.